The normalized spacial score (nSPS) is 11.7. The van der Waals surface area contributed by atoms with Gasteiger partial charge in [-0.1, -0.05) is 62.4 Å². The van der Waals surface area contributed by atoms with Crippen LogP contribution in [-0.2, 0) is 13.1 Å². The van der Waals surface area contributed by atoms with Crippen LogP contribution in [0.1, 0.15) is 38.3 Å². The third kappa shape index (κ3) is 6.04. The molecule has 5 rings (SSSR count). The molecule has 2 heterocycles. The first-order valence-electron chi connectivity index (χ1n) is 13.6. The fourth-order valence-corrected chi connectivity index (χ4v) is 5.05. The first kappa shape index (κ1) is 25.9. The van der Waals surface area contributed by atoms with Crippen molar-refractivity contribution in [3.8, 4) is 33.6 Å². The van der Waals surface area contributed by atoms with E-state index >= 15 is 0 Å². The zero-order valence-corrected chi connectivity index (χ0v) is 23.0. The minimum absolute atomic E-state index is 0.835. The van der Waals surface area contributed by atoms with Crippen molar-refractivity contribution in [3.05, 3.63) is 84.7 Å². The van der Waals surface area contributed by atoms with E-state index in [1.54, 1.807) is 0 Å². The van der Waals surface area contributed by atoms with Gasteiger partial charge in [-0.2, -0.15) is 0 Å². The molecule has 0 aliphatic carbocycles. The molecule has 5 aromatic rings. The van der Waals surface area contributed by atoms with Gasteiger partial charge in [0.2, 0.25) is 0 Å². The molecule has 0 fully saturated rings. The van der Waals surface area contributed by atoms with Crippen molar-refractivity contribution < 1.29 is 0 Å². The molecular formula is C32H38N6. The van der Waals surface area contributed by atoms with Gasteiger partial charge >= 0.3 is 0 Å². The van der Waals surface area contributed by atoms with Gasteiger partial charge in [-0.3, -0.25) is 9.80 Å². The molecule has 0 spiro atoms. The Morgan fingerprint density at radius 1 is 0.579 bits per heavy atom. The molecular weight excluding hydrogens is 468 g/mol. The van der Waals surface area contributed by atoms with Crippen LogP contribution in [0.4, 0.5) is 0 Å². The van der Waals surface area contributed by atoms with Gasteiger partial charge in [0.1, 0.15) is 11.6 Å². The molecule has 196 valence electrons. The number of aromatic amines is 2. The van der Waals surface area contributed by atoms with Crippen LogP contribution in [0, 0.1) is 0 Å². The highest BCUT2D eigenvalue weighted by Gasteiger charge is 2.09. The summed E-state index contributed by atoms with van der Waals surface area (Å²) in [5.74, 6) is 2.01. The number of hydrogen-bond donors (Lipinski definition) is 2. The predicted molar refractivity (Wildman–Crippen MR) is 158 cm³/mol. The fraction of sp³-hybridized carbons (Fsp3) is 0.312. The summed E-state index contributed by atoms with van der Waals surface area (Å²) in [6, 6.07) is 22.0. The fourth-order valence-electron chi connectivity index (χ4n) is 5.05. The molecule has 0 aliphatic rings. The van der Waals surface area contributed by atoms with Crippen LogP contribution >= 0.6 is 0 Å². The van der Waals surface area contributed by atoms with Crippen LogP contribution < -0.4 is 0 Å². The van der Waals surface area contributed by atoms with Gasteiger partial charge in [0.25, 0.3) is 0 Å². The molecule has 0 amide bonds. The van der Waals surface area contributed by atoms with Gasteiger partial charge in [0.05, 0.1) is 36.9 Å². The lowest BCUT2D eigenvalue weighted by atomic mass is 9.98. The maximum absolute atomic E-state index is 4.59. The van der Waals surface area contributed by atoms with E-state index in [0.717, 1.165) is 73.2 Å². The van der Waals surface area contributed by atoms with E-state index in [1.807, 2.05) is 12.4 Å². The molecule has 0 atom stereocenters. The summed E-state index contributed by atoms with van der Waals surface area (Å²) in [5, 5.41) is 2.45. The number of hydrogen-bond acceptors (Lipinski definition) is 4. The Hall–Kier alpha value is -3.74. The molecule has 0 radical (unpaired) electrons. The van der Waals surface area contributed by atoms with E-state index in [2.05, 4.69) is 118 Å². The Balaban J connectivity index is 1.30. The largest absolute Gasteiger partial charge is 0.341 e. The van der Waals surface area contributed by atoms with Gasteiger partial charge in [0, 0.05) is 5.56 Å². The third-order valence-corrected chi connectivity index (χ3v) is 6.99. The Labute approximate surface area is 225 Å². The molecule has 0 unspecified atom stereocenters. The Morgan fingerprint density at radius 3 is 1.58 bits per heavy atom. The molecule has 6 heteroatoms. The maximum atomic E-state index is 4.59. The molecule has 0 bridgehead atoms. The summed E-state index contributed by atoms with van der Waals surface area (Å²) in [5.41, 5.74) is 6.84. The Morgan fingerprint density at radius 2 is 1.03 bits per heavy atom. The number of benzene rings is 3. The number of nitrogens with zero attached hydrogens (tertiary/aromatic N) is 4. The smallest absolute Gasteiger partial charge is 0.120 e. The van der Waals surface area contributed by atoms with Gasteiger partial charge in [-0.15, -0.1) is 0 Å². The topological polar surface area (TPSA) is 63.8 Å². The molecule has 38 heavy (non-hydrogen) atoms. The van der Waals surface area contributed by atoms with Crippen molar-refractivity contribution in [3.63, 3.8) is 0 Å². The number of imidazole rings is 2. The van der Waals surface area contributed by atoms with Crippen molar-refractivity contribution in [1.29, 1.82) is 0 Å². The second-order valence-electron chi connectivity index (χ2n) is 10.3. The van der Waals surface area contributed by atoms with E-state index in [0.29, 0.717) is 0 Å². The minimum atomic E-state index is 0.835. The van der Waals surface area contributed by atoms with Crippen LogP contribution in [0.3, 0.4) is 0 Å². The summed E-state index contributed by atoms with van der Waals surface area (Å²) in [4.78, 5) is 20.7. The van der Waals surface area contributed by atoms with Crippen LogP contribution in [-0.4, -0.2) is 56.9 Å². The van der Waals surface area contributed by atoms with E-state index in [9.17, 15) is 0 Å². The van der Waals surface area contributed by atoms with Crippen molar-refractivity contribution in [2.45, 2.75) is 39.8 Å². The number of nitrogens with one attached hydrogen (secondary N) is 2. The van der Waals surface area contributed by atoms with E-state index in [-0.39, 0.29) is 0 Å². The van der Waals surface area contributed by atoms with Crippen molar-refractivity contribution in [2.75, 3.05) is 27.2 Å². The second kappa shape index (κ2) is 11.8. The quantitative estimate of drug-likeness (QED) is 0.203. The Kier molecular flexibility index (Phi) is 8.01. The van der Waals surface area contributed by atoms with E-state index in [4.69, 9.17) is 0 Å². The summed E-state index contributed by atoms with van der Waals surface area (Å²) in [6.45, 7) is 8.20. The second-order valence-corrected chi connectivity index (χ2v) is 10.3. The highest BCUT2D eigenvalue weighted by molar-refractivity contribution is 5.90. The summed E-state index contributed by atoms with van der Waals surface area (Å²) in [6.07, 6.45) is 6.16. The third-order valence-electron chi connectivity index (χ3n) is 6.99. The molecule has 0 aliphatic heterocycles. The molecule has 6 nitrogen and oxygen atoms in total. The SMILES string of the molecule is CCCN(C)Cc1ncc(-c2ccc(-c3ccc4cc(-c5cnc(CN(C)CCC)[nH]5)ccc4c3)cc2)[nH]1. The molecule has 0 saturated heterocycles. The van der Waals surface area contributed by atoms with Crippen LogP contribution in [0.25, 0.3) is 44.4 Å². The lowest BCUT2D eigenvalue weighted by Crippen LogP contribution is -2.19. The lowest BCUT2D eigenvalue weighted by Gasteiger charge is -2.13. The molecule has 3 aromatic carbocycles. The lowest BCUT2D eigenvalue weighted by molar-refractivity contribution is 0.320. The van der Waals surface area contributed by atoms with Crippen LogP contribution in [0.15, 0.2) is 73.1 Å². The molecule has 2 aromatic heterocycles. The molecule has 2 N–H and O–H groups in total. The van der Waals surface area contributed by atoms with Crippen molar-refractivity contribution in [1.82, 2.24) is 29.7 Å². The summed E-state index contributed by atoms with van der Waals surface area (Å²) >= 11 is 0. The number of rotatable bonds is 11. The maximum Gasteiger partial charge on any atom is 0.120 e. The van der Waals surface area contributed by atoms with Crippen LogP contribution in [0.5, 0.6) is 0 Å². The Bertz CT molecular complexity index is 1480. The van der Waals surface area contributed by atoms with Crippen LogP contribution in [0.2, 0.25) is 0 Å². The monoisotopic (exact) mass is 506 g/mol. The minimum Gasteiger partial charge on any atom is -0.341 e. The first-order chi connectivity index (χ1) is 18.5. The highest BCUT2D eigenvalue weighted by atomic mass is 15.1. The number of fused-ring (bicyclic) bond motifs is 1. The van der Waals surface area contributed by atoms with Crippen molar-refractivity contribution >= 4 is 10.8 Å². The van der Waals surface area contributed by atoms with Gasteiger partial charge < -0.3 is 9.97 Å². The van der Waals surface area contributed by atoms with E-state index < -0.39 is 0 Å². The average molecular weight is 507 g/mol. The highest BCUT2D eigenvalue weighted by Crippen LogP contribution is 2.29. The molecule has 0 saturated carbocycles. The average Bonchev–Trinajstić information content (AvgIpc) is 3.58. The zero-order chi connectivity index (χ0) is 26.5. The summed E-state index contributed by atoms with van der Waals surface area (Å²) in [7, 11) is 4.26. The number of aromatic nitrogens is 4. The van der Waals surface area contributed by atoms with Crippen molar-refractivity contribution in [2.24, 2.45) is 0 Å². The van der Waals surface area contributed by atoms with Gasteiger partial charge in [0.15, 0.2) is 0 Å². The number of H-pyrrole nitrogens is 2. The summed E-state index contributed by atoms with van der Waals surface area (Å²) < 4.78 is 0. The first-order valence-corrected chi connectivity index (χ1v) is 13.6. The van der Waals surface area contributed by atoms with Gasteiger partial charge in [-0.25, -0.2) is 9.97 Å². The van der Waals surface area contributed by atoms with Gasteiger partial charge in [-0.05, 0) is 79.6 Å². The zero-order valence-electron chi connectivity index (χ0n) is 23.0. The standard InChI is InChI=1S/C32H38N6/c1-5-15-37(3)21-31-33-19-29(35-31)24-9-7-23(8-10-24)25-11-12-27-18-28(14-13-26(27)17-25)30-20-34-32(36-30)22-38(4)16-6-2/h7-14,17-20H,5-6,15-16,21-22H2,1-4H3,(H,33,35)(H,34,36). The predicted octanol–water partition coefficient (Wildman–Crippen LogP) is 6.97. The van der Waals surface area contributed by atoms with E-state index in [1.165, 1.54) is 21.9 Å².